The van der Waals surface area contributed by atoms with Crippen LogP contribution in [-0.2, 0) is 9.53 Å². The Balaban J connectivity index is 2.17. The topological polar surface area (TPSA) is 43.4 Å². The third-order valence-corrected chi connectivity index (χ3v) is 2.52. The first-order valence-corrected chi connectivity index (χ1v) is 5.04. The van der Waals surface area contributed by atoms with Crippen LogP contribution >= 0.6 is 11.6 Å². The van der Waals surface area contributed by atoms with Crippen LogP contribution in [0.3, 0.4) is 0 Å². The zero-order valence-corrected chi connectivity index (χ0v) is 8.66. The standard InChI is InChI=1S/C11H9ClO3/c12-8-3-1-2-7(6-8)11(14)9-4-5-10(13)15-9/h1-3,6,9H,4-5H2. The van der Waals surface area contributed by atoms with E-state index in [0.29, 0.717) is 23.4 Å². The Hall–Kier alpha value is -1.35. The van der Waals surface area contributed by atoms with Crippen LogP contribution in [0.2, 0.25) is 5.02 Å². The lowest BCUT2D eigenvalue weighted by Gasteiger charge is -2.07. The zero-order valence-electron chi connectivity index (χ0n) is 7.90. The largest absolute Gasteiger partial charge is 0.454 e. The molecule has 1 heterocycles. The van der Waals surface area contributed by atoms with E-state index in [4.69, 9.17) is 16.3 Å². The number of carbonyl (C=O) groups excluding carboxylic acids is 2. The van der Waals surface area contributed by atoms with Gasteiger partial charge >= 0.3 is 5.97 Å². The summed E-state index contributed by atoms with van der Waals surface area (Å²) in [6.45, 7) is 0. The van der Waals surface area contributed by atoms with Crippen LogP contribution in [-0.4, -0.2) is 17.9 Å². The highest BCUT2D eigenvalue weighted by atomic mass is 35.5. The van der Waals surface area contributed by atoms with E-state index in [2.05, 4.69) is 0 Å². The Kier molecular flexibility index (Phi) is 2.73. The number of ether oxygens (including phenoxy) is 1. The Labute approximate surface area is 92.0 Å². The minimum absolute atomic E-state index is 0.177. The molecule has 15 heavy (non-hydrogen) atoms. The number of hydrogen-bond donors (Lipinski definition) is 0. The number of benzene rings is 1. The van der Waals surface area contributed by atoms with Crippen molar-refractivity contribution in [1.29, 1.82) is 0 Å². The number of ketones is 1. The van der Waals surface area contributed by atoms with Crippen molar-refractivity contribution in [1.82, 2.24) is 0 Å². The molecule has 0 N–H and O–H groups in total. The molecule has 1 aliphatic rings. The molecule has 1 atom stereocenters. The molecule has 0 saturated carbocycles. The maximum atomic E-state index is 11.8. The molecule has 2 rings (SSSR count). The molecule has 0 amide bonds. The zero-order chi connectivity index (χ0) is 10.8. The summed E-state index contributed by atoms with van der Waals surface area (Å²) in [7, 11) is 0. The second kappa shape index (κ2) is 4.03. The normalized spacial score (nSPS) is 20.1. The third kappa shape index (κ3) is 2.18. The first-order chi connectivity index (χ1) is 7.16. The number of carbonyl (C=O) groups is 2. The van der Waals surface area contributed by atoms with Gasteiger partial charge in [0, 0.05) is 23.4 Å². The van der Waals surface area contributed by atoms with Gasteiger partial charge in [0.2, 0.25) is 5.78 Å². The van der Waals surface area contributed by atoms with Gasteiger partial charge in [0.05, 0.1) is 0 Å². The quantitative estimate of drug-likeness (QED) is 0.572. The summed E-state index contributed by atoms with van der Waals surface area (Å²) in [5.74, 6) is -0.487. The van der Waals surface area contributed by atoms with E-state index in [-0.39, 0.29) is 11.8 Å². The van der Waals surface area contributed by atoms with Crippen molar-refractivity contribution in [3.05, 3.63) is 34.9 Å². The molecule has 3 nitrogen and oxygen atoms in total. The first kappa shape index (κ1) is 10.2. The van der Waals surface area contributed by atoms with Crippen molar-refractivity contribution < 1.29 is 14.3 Å². The second-order valence-corrected chi connectivity index (χ2v) is 3.83. The van der Waals surface area contributed by atoms with E-state index in [1.165, 1.54) is 0 Å². The lowest BCUT2D eigenvalue weighted by molar-refractivity contribution is -0.140. The highest BCUT2D eigenvalue weighted by Crippen LogP contribution is 2.20. The maximum Gasteiger partial charge on any atom is 0.306 e. The van der Waals surface area contributed by atoms with Crippen LogP contribution in [0.1, 0.15) is 23.2 Å². The summed E-state index contributed by atoms with van der Waals surface area (Å²) in [6, 6.07) is 6.64. The number of esters is 1. The van der Waals surface area contributed by atoms with Gasteiger partial charge in [-0.25, -0.2) is 0 Å². The van der Waals surface area contributed by atoms with Crippen LogP contribution in [0.5, 0.6) is 0 Å². The summed E-state index contributed by atoms with van der Waals surface area (Å²) < 4.78 is 4.89. The average Bonchev–Trinajstić information content (AvgIpc) is 2.64. The van der Waals surface area contributed by atoms with E-state index in [0.717, 1.165) is 0 Å². The van der Waals surface area contributed by atoms with Crippen molar-refractivity contribution in [2.75, 3.05) is 0 Å². The van der Waals surface area contributed by atoms with Gasteiger partial charge in [0.25, 0.3) is 0 Å². The molecule has 1 aromatic rings. The number of halogens is 1. The smallest absolute Gasteiger partial charge is 0.306 e. The van der Waals surface area contributed by atoms with E-state index in [9.17, 15) is 9.59 Å². The van der Waals surface area contributed by atoms with Crippen LogP contribution in [0, 0.1) is 0 Å². The molecule has 1 aliphatic heterocycles. The molecular weight excluding hydrogens is 216 g/mol. The van der Waals surface area contributed by atoms with Gasteiger partial charge in [-0.05, 0) is 12.1 Å². The molecule has 0 aromatic heterocycles. The van der Waals surface area contributed by atoms with Crippen LogP contribution in [0.4, 0.5) is 0 Å². The predicted molar refractivity (Wildman–Crippen MR) is 54.9 cm³/mol. The van der Waals surface area contributed by atoms with Gasteiger partial charge in [-0.15, -0.1) is 0 Å². The summed E-state index contributed by atoms with van der Waals surface area (Å²) in [5.41, 5.74) is 0.488. The lowest BCUT2D eigenvalue weighted by Crippen LogP contribution is -2.20. The monoisotopic (exact) mass is 224 g/mol. The molecule has 1 fully saturated rings. The Morgan fingerprint density at radius 1 is 1.47 bits per heavy atom. The number of hydrogen-bond acceptors (Lipinski definition) is 3. The van der Waals surface area contributed by atoms with Crippen molar-refractivity contribution in [2.45, 2.75) is 18.9 Å². The fourth-order valence-corrected chi connectivity index (χ4v) is 1.73. The molecule has 78 valence electrons. The first-order valence-electron chi connectivity index (χ1n) is 4.66. The summed E-state index contributed by atoms with van der Waals surface area (Å²) in [4.78, 5) is 22.7. The fraction of sp³-hybridized carbons (Fsp3) is 0.273. The second-order valence-electron chi connectivity index (χ2n) is 3.39. The van der Waals surface area contributed by atoms with Crippen LogP contribution in [0.25, 0.3) is 0 Å². The minimum Gasteiger partial charge on any atom is -0.454 e. The molecule has 0 spiro atoms. The van der Waals surface area contributed by atoms with Crippen molar-refractivity contribution in [3.63, 3.8) is 0 Å². The minimum atomic E-state index is -0.629. The molecule has 1 unspecified atom stereocenters. The van der Waals surface area contributed by atoms with Gasteiger partial charge in [0.1, 0.15) is 0 Å². The Morgan fingerprint density at radius 3 is 2.87 bits per heavy atom. The fourth-order valence-electron chi connectivity index (χ4n) is 1.54. The Bertz CT molecular complexity index is 414. The van der Waals surface area contributed by atoms with Crippen molar-refractivity contribution in [2.24, 2.45) is 0 Å². The van der Waals surface area contributed by atoms with Gasteiger partial charge in [0.15, 0.2) is 6.10 Å². The van der Waals surface area contributed by atoms with Crippen molar-refractivity contribution in [3.8, 4) is 0 Å². The average molecular weight is 225 g/mol. The van der Waals surface area contributed by atoms with E-state index in [1.54, 1.807) is 24.3 Å². The lowest BCUT2D eigenvalue weighted by atomic mass is 10.0. The summed E-state index contributed by atoms with van der Waals surface area (Å²) >= 11 is 5.76. The third-order valence-electron chi connectivity index (χ3n) is 2.29. The molecule has 0 bridgehead atoms. The van der Waals surface area contributed by atoms with Crippen LogP contribution in [0.15, 0.2) is 24.3 Å². The van der Waals surface area contributed by atoms with Crippen molar-refractivity contribution >= 4 is 23.4 Å². The molecule has 4 heteroatoms. The van der Waals surface area contributed by atoms with E-state index in [1.807, 2.05) is 0 Å². The highest BCUT2D eigenvalue weighted by Gasteiger charge is 2.30. The predicted octanol–water partition coefficient (Wildman–Crippen LogP) is 2.23. The number of Topliss-reactive ketones (excluding diaryl/α,β-unsaturated/α-hetero) is 1. The number of rotatable bonds is 2. The van der Waals surface area contributed by atoms with E-state index < -0.39 is 6.10 Å². The molecule has 0 radical (unpaired) electrons. The van der Waals surface area contributed by atoms with Gasteiger partial charge in [-0.3, -0.25) is 9.59 Å². The summed E-state index contributed by atoms with van der Waals surface area (Å²) in [5, 5.41) is 0.505. The highest BCUT2D eigenvalue weighted by molar-refractivity contribution is 6.31. The molecule has 0 aliphatic carbocycles. The SMILES string of the molecule is O=C1CCC(C(=O)c2cccc(Cl)c2)O1. The summed E-state index contributed by atoms with van der Waals surface area (Å²) in [6.07, 6.45) is 0.150. The molecular formula is C11H9ClO3. The van der Waals surface area contributed by atoms with Gasteiger partial charge in [-0.1, -0.05) is 23.7 Å². The van der Waals surface area contributed by atoms with Crippen LogP contribution < -0.4 is 0 Å². The molecule has 1 aromatic carbocycles. The number of cyclic esters (lactones) is 1. The maximum absolute atomic E-state index is 11.8. The van der Waals surface area contributed by atoms with E-state index >= 15 is 0 Å². The van der Waals surface area contributed by atoms with Gasteiger partial charge in [-0.2, -0.15) is 0 Å². The van der Waals surface area contributed by atoms with Gasteiger partial charge < -0.3 is 4.74 Å². The Morgan fingerprint density at radius 2 is 2.27 bits per heavy atom. The molecule has 1 saturated heterocycles.